The fourth-order valence-electron chi connectivity index (χ4n) is 2.01. The molecule has 0 aliphatic rings. The van der Waals surface area contributed by atoms with Gasteiger partial charge in [-0.25, -0.2) is 4.79 Å². The minimum Gasteiger partial charge on any atom is -0.477 e. The summed E-state index contributed by atoms with van der Waals surface area (Å²) in [5, 5.41) is 12.0. The van der Waals surface area contributed by atoms with Gasteiger partial charge in [0.15, 0.2) is 0 Å². The van der Waals surface area contributed by atoms with Gasteiger partial charge < -0.3 is 5.11 Å². The third-order valence-electron chi connectivity index (χ3n) is 2.78. The zero-order valence-corrected chi connectivity index (χ0v) is 10.1. The highest BCUT2D eigenvalue weighted by Crippen LogP contribution is 2.32. The summed E-state index contributed by atoms with van der Waals surface area (Å²) in [7, 11) is 0. The normalized spacial score (nSPS) is 10.7. The first-order chi connectivity index (χ1) is 8.77. The summed E-state index contributed by atoms with van der Waals surface area (Å²) >= 11 is 1.23. The Morgan fingerprint density at radius 1 is 1.11 bits per heavy atom. The Morgan fingerprint density at radius 2 is 1.94 bits per heavy atom. The van der Waals surface area contributed by atoms with Crippen molar-refractivity contribution in [3.63, 3.8) is 0 Å². The van der Waals surface area contributed by atoms with Crippen molar-refractivity contribution < 1.29 is 9.90 Å². The van der Waals surface area contributed by atoms with E-state index in [9.17, 15) is 9.90 Å². The summed E-state index contributed by atoms with van der Waals surface area (Å²) < 4.78 is 0. The maximum atomic E-state index is 11.2. The van der Waals surface area contributed by atoms with Crippen molar-refractivity contribution in [2.24, 2.45) is 0 Å². The van der Waals surface area contributed by atoms with Crippen molar-refractivity contribution in [1.29, 1.82) is 0 Å². The number of benzene rings is 1. The monoisotopic (exact) mass is 255 g/mol. The highest BCUT2D eigenvalue weighted by Gasteiger charge is 2.15. The number of para-hydroxylation sites is 1. The molecule has 3 rings (SSSR count). The lowest BCUT2D eigenvalue weighted by atomic mass is 10.0. The lowest BCUT2D eigenvalue weighted by molar-refractivity contribution is 0.0703. The summed E-state index contributed by atoms with van der Waals surface area (Å²) in [5.74, 6) is -0.895. The smallest absolute Gasteiger partial charge is 0.346 e. The third-order valence-corrected chi connectivity index (χ3v) is 3.68. The zero-order chi connectivity index (χ0) is 12.5. The highest BCUT2D eigenvalue weighted by molar-refractivity contribution is 7.12. The van der Waals surface area contributed by atoms with Gasteiger partial charge in [0, 0.05) is 22.7 Å². The van der Waals surface area contributed by atoms with Gasteiger partial charge in [-0.2, -0.15) is 0 Å². The number of aromatic carboxylic acids is 1. The summed E-state index contributed by atoms with van der Waals surface area (Å²) in [6.45, 7) is 0. The molecule has 4 heteroatoms. The van der Waals surface area contributed by atoms with Crippen LogP contribution in [-0.2, 0) is 0 Å². The Hall–Kier alpha value is -2.20. The molecule has 0 saturated heterocycles. The van der Waals surface area contributed by atoms with E-state index < -0.39 is 5.97 Å². The van der Waals surface area contributed by atoms with Crippen LogP contribution < -0.4 is 0 Å². The molecule has 18 heavy (non-hydrogen) atoms. The van der Waals surface area contributed by atoms with Crippen LogP contribution in [0.15, 0.2) is 48.0 Å². The Kier molecular flexibility index (Phi) is 2.57. The number of rotatable bonds is 2. The van der Waals surface area contributed by atoms with Gasteiger partial charge in [-0.1, -0.05) is 24.3 Å². The molecule has 0 bridgehead atoms. The van der Waals surface area contributed by atoms with Crippen LogP contribution in [0, 0.1) is 0 Å². The van der Waals surface area contributed by atoms with E-state index in [1.165, 1.54) is 11.3 Å². The van der Waals surface area contributed by atoms with Crippen molar-refractivity contribution in [2.75, 3.05) is 0 Å². The standard InChI is InChI=1S/C14H9NO2S/c16-14(17)13-11(6-8-18-13)10-5-1-3-9-4-2-7-15-12(9)10/h1-8H,(H,16,17). The molecule has 88 valence electrons. The van der Waals surface area contributed by atoms with Gasteiger partial charge >= 0.3 is 5.97 Å². The first-order valence-electron chi connectivity index (χ1n) is 5.42. The number of hydrogen-bond acceptors (Lipinski definition) is 3. The largest absolute Gasteiger partial charge is 0.477 e. The summed E-state index contributed by atoms with van der Waals surface area (Å²) in [5.41, 5.74) is 2.43. The van der Waals surface area contributed by atoms with Crippen molar-refractivity contribution in [3.8, 4) is 11.1 Å². The molecule has 0 aliphatic carbocycles. The quantitative estimate of drug-likeness (QED) is 0.760. The molecule has 3 nitrogen and oxygen atoms in total. The first-order valence-corrected chi connectivity index (χ1v) is 6.30. The van der Waals surface area contributed by atoms with Crippen LogP contribution in [0.5, 0.6) is 0 Å². The third kappa shape index (κ3) is 1.67. The van der Waals surface area contributed by atoms with Crippen molar-refractivity contribution in [3.05, 3.63) is 52.9 Å². The second kappa shape index (κ2) is 4.23. The molecule has 0 fully saturated rings. The molecule has 3 aromatic rings. The van der Waals surface area contributed by atoms with E-state index in [0.717, 1.165) is 22.0 Å². The lowest BCUT2D eigenvalue weighted by Gasteiger charge is -2.05. The number of nitrogens with zero attached hydrogens (tertiary/aromatic N) is 1. The van der Waals surface area contributed by atoms with Gasteiger partial charge in [0.25, 0.3) is 0 Å². The van der Waals surface area contributed by atoms with Crippen LogP contribution in [0.3, 0.4) is 0 Å². The molecule has 2 aromatic heterocycles. The number of carboxylic acid groups (broad SMARTS) is 1. The molecule has 1 aromatic carbocycles. The molecule has 0 atom stereocenters. The van der Waals surface area contributed by atoms with Gasteiger partial charge in [-0.3, -0.25) is 4.98 Å². The molecule has 2 heterocycles. The number of carboxylic acids is 1. The predicted molar refractivity (Wildman–Crippen MR) is 72.0 cm³/mol. The van der Waals surface area contributed by atoms with Crippen LogP contribution in [0.4, 0.5) is 0 Å². The van der Waals surface area contributed by atoms with Gasteiger partial charge in [-0.05, 0) is 17.5 Å². The molecule has 0 aliphatic heterocycles. The maximum absolute atomic E-state index is 11.2. The summed E-state index contributed by atoms with van der Waals surface area (Å²) in [4.78, 5) is 15.9. The zero-order valence-electron chi connectivity index (χ0n) is 9.33. The Bertz CT molecular complexity index is 728. The van der Waals surface area contributed by atoms with Crippen molar-refractivity contribution >= 4 is 28.2 Å². The van der Waals surface area contributed by atoms with E-state index in [0.29, 0.717) is 4.88 Å². The fraction of sp³-hybridized carbons (Fsp3) is 0. The first kappa shape index (κ1) is 10.9. The van der Waals surface area contributed by atoms with Crippen LogP contribution in [0.2, 0.25) is 0 Å². The second-order valence-electron chi connectivity index (χ2n) is 3.85. The van der Waals surface area contributed by atoms with Crippen LogP contribution in [0.1, 0.15) is 9.67 Å². The molecular weight excluding hydrogens is 246 g/mol. The maximum Gasteiger partial charge on any atom is 0.346 e. The number of thiophene rings is 1. The molecule has 0 unspecified atom stereocenters. The van der Waals surface area contributed by atoms with Crippen LogP contribution in [-0.4, -0.2) is 16.1 Å². The van der Waals surface area contributed by atoms with Crippen molar-refractivity contribution in [2.45, 2.75) is 0 Å². The number of hydrogen-bond donors (Lipinski definition) is 1. The number of pyridine rings is 1. The van der Waals surface area contributed by atoms with E-state index >= 15 is 0 Å². The number of fused-ring (bicyclic) bond motifs is 1. The van der Waals surface area contributed by atoms with Gasteiger partial charge in [0.1, 0.15) is 4.88 Å². The topological polar surface area (TPSA) is 50.2 Å². The lowest BCUT2D eigenvalue weighted by Crippen LogP contribution is -1.95. The molecule has 0 saturated carbocycles. The highest BCUT2D eigenvalue weighted by atomic mass is 32.1. The van der Waals surface area contributed by atoms with E-state index in [-0.39, 0.29) is 0 Å². The van der Waals surface area contributed by atoms with E-state index in [1.54, 1.807) is 11.6 Å². The Labute approximate surface area is 107 Å². The van der Waals surface area contributed by atoms with Gasteiger partial charge in [0.05, 0.1) is 5.52 Å². The van der Waals surface area contributed by atoms with E-state index in [4.69, 9.17) is 0 Å². The van der Waals surface area contributed by atoms with Gasteiger partial charge in [-0.15, -0.1) is 11.3 Å². The molecule has 0 radical (unpaired) electrons. The van der Waals surface area contributed by atoms with Crippen LogP contribution in [0.25, 0.3) is 22.0 Å². The average molecular weight is 255 g/mol. The average Bonchev–Trinajstić information content (AvgIpc) is 2.87. The van der Waals surface area contributed by atoms with E-state index in [1.807, 2.05) is 36.4 Å². The SMILES string of the molecule is O=C(O)c1sccc1-c1cccc2cccnc12. The minimum absolute atomic E-state index is 0.355. The molecule has 0 spiro atoms. The summed E-state index contributed by atoms with van der Waals surface area (Å²) in [6, 6.07) is 11.5. The summed E-state index contributed by atoms with van der Waals surface area (Å²) in [6.07, 6.45) is 1.72. The van der Waals surface area contributed by atoms with Crippen LogP contribution >= 0.6 is 11.3 Å². The fourth-order valence-corrected chi connectivity index (χ4v) is 2.75. The predicted octanol–water partition coefficient (Wildman–Crippen LogP) is 3.66. The van der Waals surface area contributed by atoms with Crippen molar-refractivity contribution in [1.82, 2.24) is 4.98 Å². The number of aromatic nitrogens is 1. The second-order valence-corrected chi connectivity index (χ2v) is 4.77. The Morgan fingerprint density at radius 3 is 2.78 bits per heavy atom. The van der Waals surface area contributed by atoms with E-state index in [2.05, 4.69) is 4.98 Å². The molecular formula is C14H9NO2S. The molecule has 1 N–H and O–H groups in total. The number of carbonyl (C=O) groups is 1. The Balaban J connectivity index is 2.32. The minimum atomic E-state index is -0.895. The molecule has 0 amide bonds. The van der Waals surface area contributed by atoms with Gasteiger partial charge in [0.2, 0.25) is 0 Å².